The maximum Gasteiger partial charge on any atom is 0.246 e. The third-order valence-corrected chi connectivity index (χ3v) is 5.98. The van der Waals surface area contributed by atoms with Gasteiger partial charge in [-0.05, 0) is 18.8 Å². The summed E-state index contributed by atoms with van der Waals surface area (Å²) >= 11 is 0. The molecule has 2 heterocycles. The fraction of sp³-hybridized carbons (Fsp3) is 0.867. The van der Waals surface area contributed by atoms with E-state index in [1.54, 1.807) is 0 Å². The Kier molecular flexibility index (Phi) is 5.53. The van der Waals surface area contributed by atoms with Crippen LogP contribution < -0.4 is 0 Å². The van der Waals surface area contributed by atoms with Crippen molar-refractivity contribution in [3.8, 4) is 0 Å². The van der Waals surface area contributed by atoms with Crippen molar-refractivity contribution in [2.75, 3.05) is 26.0 Å². The molecule has 0 radical (unpaired) electrons. The molecule has 1 aromatic rings. The van der Waals surface area contributed by atoms with Gasteiger partial charge in [-0.2, -0.15) is 4.31 Å². The monoisotopic (exact) mass is 359 g/mol. The number of sulfonamides is 1. The molecule has 24 heavy (non-hydrogen) atoms. The summed E-state index contributed by atoms with van der Waals surface area (Å²) in [5, 5.41) is 7.99. The highest BCUT2D eigenvalue weighted by Gasteiger charge is 2.31. The summed E-state index contributed by atoms with van der Waals surface area (Å²) < 4.78 is 41.8. The van der Waals surface area contributed by atoms with Crippen LogP contribution in [0.15, 0.2) is 4.42 Å². The van der Waals surface area contributed by atoms with Crippen LogP contribution in [0.1, 0.15) is 50.5 Å². The highest BCUT2D eigenvalue weighted by molar-refractivity contribution is 7.88. The predicted molar refractivity (Wildman–Crippen MR) is 85.6 cm³/mol. The Morgan fingerprint density at radius 3 is 2.83 bits per heavy atom. The van der Waals surface area contributed by atoms with E-state index in [9.17, 15) is 8.42 Å². The Labute approximate surface area is 142 Å². The number of ether oxygens (including phenoxy) is 2. The van der Waals surface area contributed by atoms with Crippen molar-refractivity contribution in [2.45, 2.75) is 51.4 Å². The number of hydrogen-bond donors (Lipinski definition) is 0. The van der Waals surface area contributed by atoms with Gasteiger partial charge in [-0.1, -0.05) is 19.8 Å². The molecule has 2 fully saturated rings. The highest BCUT2D eigenvalue weighted by Crippen LogP contribution is 2.27. The summed E-state index contributed by atoms with van der Waals surface area (Å²) in [4.78, 5) is 0. The van der Waals surface area contributed by atoms with E-state index in [-0.39, 0.29) is 19.3 Å². The zero-order valence-electron chi connectivity index (χ0n) is 14.2. The quantitative estimate of drug-likeness (QED) is 0.786. The van der Waals surface area contributed by atoms with E-state index in [1.165, 1.54) is 29.8 Å². The van der Waals surface area contributed by atoms with E-state index in [0.29, 0.717) is 30.9 Å². The van der Waals surface area contributed by atoms with Crippen molar-refractivity contribution in [2.24, 2.45) is 5.92 Å². The van der Waals surface area contributed by atoms with Gasteiger partial charge in [-0.25, -0.2) is 8.42 Å². The van der Waals surface area contributed by atoms with Gasteiger partial charge < -0.3 is 13.9 Å². The summed E-state index contributed by atoms with van der Waals surface area (Å²) in [7, 11) is -3.25. The normalized spacial score (nSPS) is 29.7. The second-order valence-corrected chi connectivity index (χ2v) is 8.61. The number of morpholine rings is 1. The molecule has 0 amide bonds. The van der Waals surface area contributed by atoms with Crippen LogP contribution in [0.4, 0.5) is 0 Å². The zero-order chi connectivity index (χ0) is 17.2. The van der Waals surface area contributed by atoms with Crippen molar-refractivity contribution in [3.05, 3.63) is 11.8 Å². The van der Waals surface area contributed by atoms with Gasteiger partial charge >= 0.3 is 0 Å². The second kappa shape index (κ2) is 7.47. The van der Waals surface area contributed by atoms with Gasteiger partial charge in [0.05, 0.1) is 19.0 Å². The third kappa shape index (κ3) is 4.33. The molecule has 1 aliphatic heterocycles. The molecular weight excluding hydrogens is 334 g/mol. The Morgan fingerprint density at radius 1 is 1.29 bits per heavy atom. The molecule has 1 saturated carbocycles. The van der Waals surface area contributed by atoms with Crippen LogP contribution in [0.5, 0.6) is 0 Å². The minimum absolute atomic E-state index is 0.195. The van der Waals surface area contributed by atoms with Crippen molar-refractivity contribution < 1.29 is 22.3 Å². The van der Waals surface area contributed by atoms with E-state index >= 15 is 0 Å². The lowest BCUT2D eigenvalue weighted by atomic mass is 9.88. The molecule has 0 aromatic carbocycles. The molecule has 1 saturated heterocycles. The van der Waals surface area contributed by atoms with Gasteiger partial charge in [0.15, 0.2) is 0 Å². The molecule has 8 nitrogen and oxygen atoms in total. The number of aromatic nitrogens is 2. The van der Waals surface area contributed by atoms with Crippen LogP contribution in [0.25, 0.3) is 0 Å². The standard InChI is InChI=1S/C15H25N3O5S/c1-11-5-3-4-6-12(11)22-10-14-16-17-15(23-14)13-9-18(7-8-21-13)24(2,19)20/h11-13H,3-10H2,1-2H3/t11-,12+,13+/m1/s1. The van der Waals surface area contributed by atoms with E-state index in [0.717, 1.165) is 6.42 Å². The van der Waals surface area contributed by atoms with Crippen molar-refractivity contribution in [1.29, 1.82) is 0 Å². The molecule has 0 N–H and O–H groups in total. The molecule has 0 bridgehead atoms. The number of hydrogen-bond acceptors (Lipinski definition) is 7. The zero-order valence-corrected chi connectivity index (χ0v) is 15.0. The third-order valence-electron chi connectivity index (χ3n) is 4.71. The molecule has 1 aromatic heterocycles. The van der Waals surface area contributed by atoms with E-state index in [2.05, 4.69) is 17.1 Å². The van der Waals surface area contributed by atoms with Crippen molar-refractivity contribution >= 4 is 10.0 Å². The molecule has 1 aliphatic carbocycles. The van der Waals surface area contributed by atoms with Crippen molar-refractivity contribution in [3.63, 3.8) is 0 Å². The van der Waals surface area contributed by atoms with Gasteiger partial charge in [0.1, 0.15) is 12.7 Å². The molecule has 0 unspecified atom stereocenters. The van der Waals surface area contributed by atoms with Crippen LogP contribution in [0.2, 0.25) is 0 Å². The molecular formula is C15H25N3O5S. The van der Waals surface area contributed by atoms with Crippen LogP contribution in [-0.4, -0.2) is 55.0 Å². The summed E-state index contributed by atoms with van der Waals surface area (Å²) in [6, 6.07) is 0. The average Bonchev–Trinajstić information content (AvgIpc) is 3.02. The van der Waals surface area contributed by atoms with E-state index in [1.807, 2.05) is 0 Å². The minimum Gasteiger partial charge on any atom is -0.420 e. The lowest BCUT2D eigenvalue weighted by Gasteiger charge is -2.29. The summed E-state index contributed by atoms with van der Waals surface area (Å²) in [6.45, 7) is 3.34. The van der Waals surface area contributed by atoms with Gasteiger partial charge in [0.25, 0.3) is 0 Å². The SMILES string of the molecule is C[C@@H]1CCCC[C@@H]1OCc1nnc([C@@H]2CN(S(C)(=O)=O)CCO2)o1. The van der Waals surface area contributed by atoms with Crippen LogP contribution in [0, 0.1) is 5.92 Å². The summed E-state index contributed by atoms with van der Waals surface area (Å²) in [5.74, 6) is 1.26. The lowest BCUT2D eigenvalue weighted by Crippen LogP contribution is -2.41. The number of rotatable bonds is 5. The van der Waals surface area contributed by atoms with Crippen LogP contribution in [-0.2, 0) is 26.1 Å². The topological polar surface area (TPSA) is 94.8 Å². The number of nitrogens with zero attached hydrogens (tertiary/aromatic N) is 3. The van der Waals surface area contributed by atoms with Gasteiger partial charge in [0, 0.05) is 13.1 Å². The molecule has 0 spiro atoms. The first-order valence-corrected chi connectivity index (χ1v) is 10.3. The summed E-state index contributed by atoms with van der Waals surface area (Å²) in [6.07, 6.45) is 5.62. The first kappa shape index (κ1) is 17.8. The van der Waals surface area contributed by atoms with Gasteiger partial charge in [-0.15, -0.1) is 10.2 Å². The molecule has 136 valence electrons. The molecule has 3 atom stereocenters. The maximum absolute atomic E-state index is 11.7. The first-order chi connectivity index (χ1) is 11.4. The molecule has 2 aliphatic rings. The van der Waals surface area contributed by atoms with E-state index in [4.69, 9.17) is 13.9 Å². The highest BCUT2D eigenvalue weighted by atomic mass is 32.2. The Balaban J connectivity index is 1.57. The summed E-state index contributed by atoms with van der Waals surface area (Å²) in [5.41, 5.74) is 0. The molecule has 3 rings (SSSR count). The first-order valence-electron chi connectivity index (χ1n) is 8.44. The van der Waals surface area contributed by atoms with Crippen molar-refractivity contribution in [1.82, 2.24) is 14.5 Å². The Hall–Kier alpha value is -1.03. The average molecular weight is 359 g/mol. The fourth-order valence-electron chi connectivity index (χ4n) is 3.24. The second-order valence-electron chi connectivity index (χ2n) is 6.63. The van der Waals surface area contributed by atoms with Crippen LogP contribution in [0.3, 0.4) is 0 Å². The minimum atomic E-state index is -3.25. The van der Waals surface area contributed by atoms with E-state index < -0.39 is 16.1 Å². The molecule has 9 heteroatoms. The fourth-order valence-corrected chi connectivity index (χ4v) is 4.05. The van der Waals surface area contributed by atoms with Gasteiger partial charge in [-0.3, -0.25) is 0 Å². The Morgan fingerprint density at radius 2 is 2.08 bits per heavy atom. The predicted octanol–water partition coefficient (Wildman–Crippen LogP) is 1.50. The largest absolute Gasteiger partial charge is 0.420 e. The Bertz CT molecular complexity index is 647. The lowest BCUT2D eigenvalue weighted by molar-refractivity contribution is -0.0311. The maximum atomic E-state index is 11.7. The smallest absolute Gasteiger partial charge is 0.246 e. The van der Waals surface area contributed by atoms with Crippen LogP contribution >= 0.6 is 0 Å². The van der Waals surface area contributed by atoms with Gasteiger partial charge in [0.2, 0.25) is 21.8 Å².